The van der Waals surface area contributed by atoms with Crippen LogP contribution < -0.4 is 5.32 Å². The Morgan fingerprint density at radius 1 is 1.11 bits per heavy atom. The molecule has 5 nitrogen and oxygen atoms in total. The number of aryl methyl sites for hydroxylation is 1. The number of sulfonamides is 1. The van der Waals surface area contributed by atoms with Crippen LogP contribution in [0.1, 0.15) is 47.3 Å². The highest BCUT2D eigenvalue weighted by atomic mass is 32.2. The fourth-order valence-corrected chi connectivity index (χ4v) is 4.97. The van der Waals surface area contributed by atoms with Crippen molar-refractivity contribution in [1.82, 2.24) is 9.62 Å². The molecule has 1 amide bonds. The summed E-state index contributed by atoms with van der Waals surface area (Å²) in [6.07, 6.45) is 1.71. The van der Waals surface area contributed by atoms with Crippen molar-refractivity contribution in [3.63, 3.8) is 0 Å². The largest absolute Gasteiger partial charge is 0.346 e. The second-order valence-electron chi connectivity index (χ2n) is 6.84. The predicted octanol–water partition coefficient (Wildman–Crippen LogP) is 3.41. The number of carbonyl (C=O) groups is 1. The lowest BCUT2D eigenvalue weighted by Crippen LogP contribution is -2.30. The van der Waals surface area contributed by atoms with Gasteiger partial charge in [0.05, 0.1) is 10.9 Å². The van der Waals surface area contributed by atoms with Crippen LogP contribution in [0.25, 0.3) is 0 Å². The van der Waals surface area contributed by atoms with Gasteiger partial charge in [-0.2, -0.15) is 4.31 Å². The summed E-state index contributed by atoms with van der Waals surface area (Å²) in [6, 6.07) is 10.3. The average molecular weight is 390 g/mol. The van der Waals surface area contributed by atoms with Crippen molar-refractivity contribution in [2.75, 3.05) is 13.1 Å². The fourth-order valence-electron chi connectivity index (χ4n) is 3.20. The molecule has 0 bridgehead atoms. The molecule has 0 spiro atoms. The summed E-state index contributed by atoms with van der Waals surface area (Å²) in [6.45, 7) is 4.55. The van der Waals surface area contributed by atoms with Gasteiger partial charge < -0.3 is 5.32 Å². The summed E-state index contributed by atoms with van der Waals surface area (Å²) in [5, 5.41) is 2.83. The number of nitrogens with one attached hydrogen (secondary N) is 1. The maximum Gasteiger partial charge on any atom is 0.251 e. The zero-order valence-electron chi connectivity index (χ0n) is 15.4. The first-order chi connectivity index (χ1) is 12.8. The summed E-state index contributed by atoms with van der Waals surface area (Å²) >= 11 is 0. The molecular weight excluding hydrogens is 367 g/mol. The SMILES string of the molecule is Cc1ccc(C(=O)N[C@H](C)c2ccc(F)cc2)cc1S(=O)(=O)N1CCCC1. The van der Waals surface area contributed by atoms with E-state index < -0.39 is 10.0 Å². The van der Waals surface area contributed by atoms with E-state index in [2.05, 4.69) is 5.32 Å². The van der Waals surface area contributed by atoms with Gasteiger partial charge in [-0.15, -0.1) is 0 Å². The molecule has 0 aliphatic carbocycles. The monoisotopic (exact) mass is 390 g/mol. The van der Waals surface area contributed by atoms with Gasteiger partial charge in [0.15, 0.2) is 0 Å². The molecule has 1 aliphatic heterocycles. The first-order valence-corrected chi connectivity index (χ1v) is 10.4. The zero-order chi connectivity index (χ0) is 19.6. The van der Waals surface area contributed by atoms with E-state index in [-0.39, 0.29) is 28.2 Å². The molecule has 1 N–H and O–H groups in total. The number of carbonyl (C=O) groups excluding carboxylic acids is 1. The molecule has 7 heteroatoms. The Morgan fingerprint density at radius 2 is 1.74 bits per heavy atom. The van der Waals surface area contributed by atoms with E-state index >= 15 is 0 Å². The van der Waals surface area contributed by atoms with Crippen LogP contribution >= 0.6 is 0 Å². The van der Waals surface area contributed by atoms with Crippen molar-refractivity contribution in [3.8, 4) is 0 Å². The summed E-state index contributed by atoms with van der Waals surface area (Å²) in [5.74, 6) is -0.711. The highest BCUT2D eigenvalue weighted by Gasteiger charge is 2.29. The van der Waals surface area contributed by atoms with Gasteiger partial charge in [0.25, 0.3) is 5.91 Å². The maximum atomic E-state index is 13.1. The number of halogens is 1. The molecular formula is C20H23FN2O3S. The van der Waals surface area contributed by atoms with Gasteiger partial charge in [-0.3, -0.25) is 4.79 Å². The first kappa shape index (κ1) is 19.5. The quantitative estimate of drug-likeness (QED) is 0.851. The molecule has 144 valence electrons. The van der Waals surface area contributed by atoms with Crippen LogP contribution in [-0.2, 0) is 10.0 Å². The van der Waals surface area contributed by atoms with E-state index in [9.17, 15) is 17.6 Å². The minimum atomic E-state index is -3.60. The lowest BCUT2D eigenvalue weighted by Gasteiger charge is -2.18. The van der Waals surface area contributed by atoms with Crippen LogP contribution in [0.5, 0.6) is 0 Å². The van der Waals surface area contributed by atoms with Crippen LogP contribution in [0, 0.1) is 12.7 Å². The number of benzene rings is 2. The maximum absolute atomic E-state index is 13.1. The molecule has 1 aliphatic rings. The van der Waals surface area contributed by atoms with Crippen LogP contribution in [0.2, 0.25) is 0 Å². The Labute approximate surface area is 159 Å². The van der Waals surface area contributed by atoms with Crippen molar-refractivity contribution in [2.24, 2.45) is 0 Å². The standard InChI is InChI=1S/C20H23FN2O3S/c1-14-5-6-17(13-19(14)27(25,26)23-11-3-4-12-23)20(24)22-15(2)16-7-9-18(21)10-8-16/h5-10,13,15H,3-4,11-12H2,1-2H3,(H,22,24)/t15-/m1/s1. The van der Waals surface area contributed by atoms with E-state index in [1.54, 1.807) is 38.1 Å². The third-order valence-electron chi connectivity index (χ3n) is 4.85. The average Bonchev–Trinajstić information content (AvgIpc) is 3.18. The first-order valence-electron chi connectivity index (χ1n) is 8.96. The summed E-state index contributed by atoms with van der Waals surface area (Å²) in [5.41, 5.74) is 1.67. The van der Waals surface area contributed by atoms with Crippen molar-refractivity contribution in [2.45, 2.75) is 37.6 Å². The molecule has 1 saturated heterocycles. The predicted molar refractivity (Wildman–Crippen MR) is 101 cm³/mol. The highest BCUT2D eigenvalue weighted by molar-refractivity contribution is 7.89. The number of hydrogen-bond donors (Lipinski definition) is 1. The second kappa shape index (κ2) is 7.78. The third kappa shape index (κ3) is 4.20. The molecule has 2 aromatic rings. The van der Waals surface area contributed by atoms with Crippen LogP contribution in [0.3, 0.4) is 0 Å². The normalized spacial score (nSPS) is 16.3. The van der Waals surface area contributed by atoms with Gasteiger partial charge in [0.1, 0.15) is 5.82 Å². The van der Waals surface area contributed by atoms with Crippen LogP contribution in [0.15, 0.2) is 47.4 Å². The van der Waals surface area contributed by atoms with Gasteiger partial charge in [-0.05, 0) is 62.1 Å². The van der Waals surface area contributed by atoms with Gasteiger partial charge in [0, 0.05) is 18.7 Å². The van der Waals surface area contributed by atoms with Gasteiger partial charge in [-0.25, -0.2) is 12.8 Å². The van der Waals surface area contributed by atoms with Crippen LogP contribution in [-0.4, -0.2) is 31.7 Å². The van der Waals surface area contributed by atoms with E-state index in [0.29, 0.717) is 18.7 Å². The lowest BCUT2D eigenvalue weighted by molar-refractivity contribution is 0.0939. The molecule has 0 radical (unpaired) electrons. The lowest BCUT2D eigenvalue weighted by atomic mass is 10.1. The Morgan fingerprint density at radius 3 is 2.37 bits per heavy atom. The van der Waals surface area contributed by atoms with Crippen LogP contribution in [0.4, 0.5) is 4.39 Å². The smallest absolute Gasteiger partial charge is 0.251 e. The van der Waals surface area contributed by atoms with E-state index in [0.717, 1.165) is 18.4 Å². The highest BCUT2D eigenvalue weighted by Crippen LogP contribution is 2.25. The Balaban J connectivity index is 1.82. The molecule has 1 heterocycles. The van der Waals surface area contributed by atoms with E-state index in [4.69, 9.17) is 0 Å². The number of nitrogens with zero attached hydrogens (tertiary/aromatic N) is 1. The Kier molecular flexibility index (Phi) is 5.62. The molecule has 3 rings (SSSR count). The Hall–Kier alpha value is -2.25. The minimum Gasteiger partial charge on any atom is -0.346 e. The molecule has 0 aromatic heterocycles. The summed E-state index contributed by atoms with van der Waals surface area (Å²) in [4.78, 5) is 12.8. The van der Waals surface area contributed by atoms with Crippen molar-refractivity contribution in [3.05, 3.63) is 65.0 Å². The van der Waals surface area contributed by atoms with E-state index in [1.807, 2.05) is 0 Å². The summed E-state index contributed by atoms with van der Waals surface area (Å²) in [7, 11) is -3.60. The van der Waals surface area contributed by atoms with Gasteiger partial charge >= 0.3 is 0 Å². The van der Waals surface area contributed by atoms with Crippen molar-refractivity contribution >= 4 is 15.9 Å². The topological polar surface area (TPSA) is 66.5 Å². The van der Waals surface area contributed by atoms with Gasteiger partial charge in [-0.1, -0.05) is 18.2 Å². The molecule has 1 fully saturated rings. The minimum absolute atomic E-state index is 0.173. The number of hydrogen-bond acceptors (Lipinski definition) is 3. The number of amides is 1. The van der Waals surface area contributed by atoms with Crippen molar-refractivity contribution in [1.29, 1.82) is 0 Å². The number of rotatable bonds is 5. The molecule has 0 saturated carbocycles. The molecule has 0 unspecified atom stereocenters. The van der Waals surface area contributed by atoms with Gasteiger partial charge in [0.2, 0.25) is 10.0 Å². The third-order valence-corrected chi connectivity index (χ3v) is 6.89. The molecule has 2 aromatic carbocycles. The second-order valence-corrected chi connectivity index (χ2v) is 8.74. The van der Waals surface area contributed by atoms with E-state index in [1.165, 1.54) is 22.5 Å². The molecule has 1 atom stereocenters. The summed E-state index contributed by atoms with van der Waals surface area (Å²) < 4.78 is 40.3. The zero-order valence-corrected chi connectivity index (χ0v) is 16.2. The van der Waals surface area contributed by atoms with Crippen molar-refractivity contribution < 1.29 is 17.6 Å². The molecule has 27 heavy (non-hydrogen) atoms. The Bertz CT molecular complexity index is 936. The fraction of sp³-hybridized carbons (Fsp3) is 0.350.